The molecule has 3 aliphatic rings. The molecule has 2 N–H and O–H groups in total. The molecule has 148 valence electrons. The Balaban J connectivity index is 1.73. The van der Waals surface area contributed by atoms with E-state index in [-0.39, 0.29) is 5.41 Å². The summed E-state index contributed by atoms with van der Waals surface area (Å²) in [7, 11) is 0. The fourth-order valence-electron chi connectivity index (χ4n) is 7.46. The van der Waals surface area contributed by atoms with Crippen molar-refractivity contribution in [2.45, 2.75) is 37.5 Å². The summed E-state index contributed by atoms with van der Waals surface area (Å²) in [6, 6.07) is 20.9. The average Bonchev–Trinajstić information content (AvgIpc) is 2.76. The molecule has 0 radical (unpaired) electrons. The van der Waals surface area contributed by atoms with Crippen molar-refractivity contribution in [3.8, 4) is 11.5 Å². The highest BCUT2D eigenvalue weighted by Crippen LogP contribution is 2.64. The minimum Gasteiger partial charge on any atom is -0.508 e. The molecule has 30 heavy (non-hydrogen) atoms. The summed E-state index contributed by atoms with van der Waals surface area (Å²) in [5.74, 6) is 1.57. The van der Waals surface area contributed by atoms with E-state index in [1.807, 2.05) is 24.3 Å². The quantitative estimate of drug-likeness (QED) is 0.373. The topological polar surface area (TPSA) is 40.5 Å². The van der Waals surface area contributed by atoms with Crippen molar-refractivity contribution in [3.05, 3.63) is 82.9 Å². The lowest BCUT2D eigenvalue weighted by molar-refractivity contribution is 0.128. The molecule has 0 heterocycles. The maximum absolute atomic E-state index is 11.4. The molecule has 2 nitrogen and oxygen atoms in total. The Labute approximate surface area is 175 Å². The number of rotatable bonds is 0. The van der Waals surface area contributed by atoms with E-state index in [9.17, 15) is 10.2 Å². The van der Waals surface area contributed by atoms with Gasteiger partial charge in [0.05, 0.1) is 0 Å². The minimum atomic E-state index is -0.325. The van der Waals surface area contributed by atoms with Crippen LogP contribution in [0.4, 0.5) is 0 Å². The van der Waals surface area contributed by atoms with Gasteiger partial charge in [-0.3, -0.25) is 0 Å². The summed E-state index contributed by atoms with van der Waals surface area (Å²) < 4.78 is 0. The van der Waals surface area contributed by atoms with Crippen molar-refractivity contribution in [1.29, 1.82) is 0 Å². The standard InChI is InChI=1S/C28H24O2/c29-22-12-10-16-4-1-6-18-14-20-8-3-9-21-15-19-7-2-5-17-11-13-23(30)27(25(17)19)28(20,21)26(22)24(16)18/h1-2,4-7,10-13,20-21,29-30H,3,8-9,14-15H2/t20-,21-,28?/m1/s1. The Hall–Kier alpha value is -3.00. The van der Waals surface area contributed by atoms with Gasteiger partial charge in [0.2, 0.25) is 0 Å². The summed E-state index contributed by atoms with van der Waals surface area (Å²) in [6.45, 7) is 0. The van der Waals surface area contributed by atoms with E-state index in [2.05, 4.69) is 36.4 Å². The molecule has 3 aliphatic carbocycles. The van der Waals surface area contributed by atoms with Crippen LogP contribution in [0.25, 0.3) is 21.5 Å². The lowest BCUT2D eigenvalue weighted by Crippen LogP contribution is -2.51. The molecule has 0 aromatic heterocycles. The molecule has 7 rings (SSSR count). The molecule has 0 unspecified atom stereocenters. The second kappa shape index (κ2) is 5.57. The Kier molecular flexibility index (Phi) is 3.11. The highest BCUT2D eigenvalue weighted by atomic mass is 16.3. The molecule has 4 aromatic carbocycles. The van der Waals surface area contributed by atoms with Gasteiger partial charge in [0.1, 0.15) is 11.5 Å². The van der Waals surface area contributed by atoms with E-state index in [1.54, 1.807) is 0 Å². The van der Waals surface area contributed by atoms with Crippen LogP contribution in [0, 0.1) is 11.8 Å². The van der Waals surface area contributed by atoms with Crippen LogP contribution in [0.15, 0.2) is 60.7 Å². The lowest BCUT2D eigenvalue weighted by Gasteiger charge is -2.56. The van der Waals surface area contributed by atoms with E-state index in [4.69, 9.17) is 0 Å². The molecule has 2 atom stereocenters. The summed E-state index contributed by atoms with van der Waals surface area (Å²) in [6.07, 6.45) is 5.52. The summed E-state index contributed by atoms with van der Waals surface area (Å²) in [4.78, 5) is 0. The van der Waals surface area contributed by atoms with Crippen molar-refractivity contribution in [2.24, 2.45) is 11.8 Å². The number of hydrogen-bond acceptors (Lipinski definition) is 2. The Morgan fingerprint density at radius 3 is 1.63 bits per heavy atom. The Morgan fingerprint density at radius 1 is 0.633 bits per heavy atom. The van der Waals surface area contributed by atoms with Crippen molar-refractivity contribution in [1.82, 2.24) is 0 Å². The van der Waals surface area contributed by atoms with Crippen LogP contribution >= 0.6 is 0 Å². The van der Waals surface area contributed by atoms with Crippen LogP contribution in [0.2, 0.25) is 0 Å². The molecule has 0 saturated heterocycles. The largest absolute Gasteiger partial charge is 0.508 e. The predicted molar refractivity (Wildman–Crippen MR) is 120 cm³/mol. The summed E-state index contributed by atoms with van der Waals surface area (Å²) in [5, 5.41) is 27.5. The van der Waals surface area contributed by atoms with Gasteiger partial charge < -0.3 is 10.2 Å². The van der Waals surface area contributed by atoms with Gasteiger partial charge in [-0.05, 0) is 82.3 Å². The highest BCUT2D eigenvalue weighted by Gasteiger charge is 2.57. The van der Waals surface area contributed by atoms with Gasteiger partial charge in [-0.25, -0.2) is 0 Å². The average molecular weight is 392 g/mol. The predicted octanol–water partition coefficient (Wildman–Crippen LogP) is 6.22. The number of phenols is 2. The summed E-state index contributed by atoms with van der Waals surface area (Å²) >= 11 is 0. The number of aromatic hydroxyl groups is 2. The molecule has 1 saturated carbocycles. The van der Waals surface area contributed by atoms with Gasteiger partial charge in [-0.15, -0.1) is 0 Å². The van der Waals surface area contributed by atoms with Gasteiger partial charge in [0, 0.05) is 16.5 Å². The van der Waals surface area contributed by atoms with Gasteiger partial charge in [-0.1, -0.05) is 55.0 Å². The van der Waals surface area contributed by atoms with E-state index >= 15 is 0 Å². The normalized spacial score (nSPS) is 26.4. The Morgan fingerprint density at radius 2 is 1.13 bits per heavy atom. The zero-order valence-corrected chi connectivity index (χ0v) is 16.9. The Bertz CT molecular complexity index is 1260. The van der Waals surface area contributed by atoms with Gasteiger partial charge >= 0.3 is 0 Å². The van der Waals surface area contributed by atoms with E-state index < -0.39 is 0 Å². The molecule has 1 spiro atoms. The maximum Gasteiger partial charge on any atom is 0.120 e. The van der Waals surface area contributed by atoms with Crippen LogP contribution in [0.3, 0.4) is 0 Å². The molecule has 4 aromatic rings. The lowest BCUT2D eigenvalue weighted by atomic mass is 9.47. The maximum atomic E-state index is 11.4. The molecule has 2 heteroatoms. The van der Waals surface area contributed by atoms with Crippen molar-refractivity contribution >= 4 is 21.5 Å². The minimum absolute atomic E-state index is 0.325. The smallest absolute Gasteiger partial charge is 0.120 e. The SMILES string of the molecule is Oc1ccc2cccc3c2c1C12c4c(O)ccc5cccc(c45)C[C@H]1CCC[C@@H]2C3. The fraction of sp³-hybridized carbons (Fsp3) is 0.286. The van der Waals surface area contributed by atoms with E-state index in [0.717, 1.165) is 36.8 Å². The zero-order chi connectivity index (χ0) is 20.0. The molecule has 0 aliphatic heterocycles. The van der Waals surface area contributed by atoms with Gasteiger partial charge in [-0.2, -0.15) is 0 Å². The fourth-order valence-corrected chi connectivity index (χ4v) is 7.46. The van der Waals surface area contributed by atoms with Crippen molar-refractivity contribution in [3.63, 3.8) is 0 Å². The van der Waals surface area contributed by atoms with Gasteiger partial charge in [0.15, 0.2) is 0 Å². The second-order valence-electron chi connectivity index (χ2n) is 9.55. The molecule has 0 amide bonds. The third-order valence-electron chi connectivity index (χ3n) is 8.37. The zero-order valence-electron chi connectivity index (χ0n) is 16.9. The molecule has 1 fully saturated rings. The third-order valence-corrected chi connectivity index (χ3v) is 8.37. The van der Waals surface area contributed by atoms with Crippen molar-refractivity contribution in [2.75, 3.05) is 0 Å². The number of benzene rings is 4. The van der Waals surface area contributed by atoms with E-state index in [1.165, 1.54) is 39.1 Å². The first kappa shape index (κ1) is 16.8. The van der Waals surface area contributed by atoms with E-state index in [0.29, 0.717) is 23.3 Å². The molecular weight excluding hydrogens is 368 g/mol. The third kappa shape index (κ3) is 1.82. The van der Waals surface area contributed by atoms with Crippen LogP contribution in [-0.4, -0.2) is 10.2 Å². The van der Waals surface area contributed by atoms with Crippen LogP contribution < -0.4 is 0 Å². The second-order valence-corrected chi connectivity index (χ2v) is 9.55. The first-order valence-corrected chi connectivity index (χ1v) is 11.2. The van der Waals surface area contributed by atoms with Gasteiger partial charge in [0.25, 0.3) is 0 Å². The highest BCUT2D eigenvalue weighted by molar-refractivity contribution is 5.98. The first-order valence-electron chi connectivity index (χ1n) is 11.2. The van der Waals surface area contributed by atoms with Crippen LogP contribution in [0.1, 0.15) is 41.5 Å². The molecule has 0 bridgehead atoms. The van der Waals surface area contributed by atoms with Crippen molar-refractivity contribution < 1.29 is 10.2 Å². The number of phenolic OH excluding ortho intramolecular Hbond substituents is 2. The monoisotopic (exact) mass is 392 g/mol. The summed E-state index contributed by atoms with van der Waals surface area (Å²) in [5.41, 5.74) is 4.52. The van der Waals surface area contributed by atoms with Crippen LogP contribution in [-0.2, 0) is 18.3 Å². The molecular formula is C28H24O2. The van der Waals surface area contributed by atoms with Crippen LogP contribution in [0.5, 0.6) is 11.5 Å². The number of hydrogen-bond donors (Lipinski definition) is 2. The first-order chi connectivity index (χ1) is 14.7.